The molecule has 0 bridgehead atoms. The van der Waals surface area contributed by atoms with Crippen molar-refractivity contribution in [1.29, 1.82) is 5.41 Å². The third-order valence-electron chi connectivity index (χ3n) is 23.8. The van der Waals surface area contributed by atoms with Gasteiger partial charge >= 0.3 is 0 Å². The summed E-state index contributed by atoms with van der Waals surface area (Å²) in [6.45, 7) is 1.00. The molecule has 0 saturated carbocycles. The zero-order chi connectivity index (χ0) is 101. The second kappa shape index (κ2) is 63.5. The highest BCUT2D eigenvalue weighted by Gasteiger charge is 2.44. The lowest BCUT2D eigenvalue weighted by atomic mass is 10.0. The molecule has 3 aromatic heterocycles. The number of hydrogen-bond acceptors (Lipinski definition) is 26. The molecular weight excluding hydrogens is 1800 g/mol. The Morgan fingerprint density at radius 2 is 1.22 bits per heavy atom. The summed E-state index contributed by atoms with van der Waals surface area (Å²) in [5.74, 6) is -12.8. The summed E-state index contributed by atoms with van der Waals surface area (Å²) in [5.41, 5.74) is 19.2. The lowest BCUT2D eigenvalue weighted by molar-refractivity contribution is -0.143. The van der Waals surface area contributed by atoms with Crippen LogP contribution < -0.4 is 91.6 Å². The number of nitrogens with two attached hydrogens (primary N) is 3. The number of ketones is 1. The minimum Gasteiger partial charge on any atom is -0.394 e. The van der Waals surface area contributed by atoms with Crippen LogP contribution in [-0.4, -0.2) is 296 Å². The lowest BCUT2D eigenvalue weighted by Gasteiger charge is -2.31. The van der Waals surface area contributed by atoms with E-state index in [0.29, 0.717) is 24.0 Å². The zero-order valence-corrected chi connectivity index (χ0v) is 79.7. The Labute approximate surface area is 808 Å². The normalized spacial score (nSPS) is 18.6. The fourth-order valence-electron chi connectivity index (χ4n) is 16.1. The van der Waals surface area contributed by atoms with Gasteiger partial charge in [0.1, 0.15) is 72.8 Å². The highest BCUT2D eigenvalue weighted by Crippen LogP contribution is 2.25. The predicted octanol–water partition coefficient (Wildman–Crippen LogP) is -1.67. The van der Waals surface area contributed by atoms with Crippen molar-refractivity contribution in [2.24, 2.45) is 17.2 Å². The molecule has 139 heavy (non-hydrogen) atoms. The average molecular weight is 1950 g/mol. The largest absolute Gasteiger partial charge is 0.394 e. The van der Waals surface area contributed by atoms with Gasteiger partial charge in [-0.25, -0.2) is 10.1 Å². The second-order valence-corrected chi connectivity index (χ2v) is 35.1. The third-order valence-corrected chi connectivity index (χ3v) is 23.8. The number of nitrogens with one attached hydrogen (secondary N) is 18. The summed E-state index contributed by atoms with van der Waals surface area (Å²) in [7, 11) is 0. The van der Waals surface area contributed by atoms with Gasteiger partial charge in [0.15, 0.2) is 11.7 Å². The van der Waals surface area contributed by atoms with Crippen molar-refractivity contribution < 1.29 is 96.4 Å². The number of carbonyl (C=O) groups excluding carboxylic acids is 16. The molecule has 0 radical (unpaired) electrons. The highest BCUT2D eigenvalue weighted by atomic mass is 16.5. The van der Waals surface area contributed by atoms with Crippen molar-refractivity contribution in [3.05, 3.63) is 96.0 Å². The van der Waals surface area contributed by atoms with Crippen LogP contribution >= 0.6 is 0 Å². The molecule has 2 aliphatic heterocycles. The van der Waals surface area contributed by atoms with Gasteiger partial charge in [0.25, 0.3) is 0 Å². The molecule has 46 nitrogen and oxygen atoms in total. The zero-order valence-electron chi connectivity index (χ0n) is 79.7. The SMILES string of the molecule is CCCC[C@H](NC(=O)[C@H](CCCN)NC(=O)[C@H](Cc1c[nH]cn1)NC(=O)[C@H](CCC(N)=O)NC(=O)[C@H](CO)NC(=O)CNC(=O)COCCOCCNC(=O)CCCCCCCCCCCCCCCc1nnn[nH]1)C(=O)N[C@H]1CCC(=O)NCCCC[C@@H](C(C)=O)NC(=O)[C@H](Cc2c[nH]c3ccccc23)NC(=O)[C@H](CCCNC(=N)N)NC(=O)[C@@H](Cc2ccccc2)NC(=O)[C@@H]2C[C@@H](O)CN2C1=O. The number of para-hydroxylation sites is 1. The first kappa shape index (κ1) is 113. The summed E-state index contributed by atoms with van der Waals surface area (Å²) in [6, 6.07) is -1.03. The van der Waals surface area contributed by atoms with Crippen LogP contribution in [-0.2, 0) is 112 Å². The van der Waals surface area contributed by atoms with E-state index < -0.39 is 219 Å². The topological polar surface area (TPSA) is 705 Å². The summed E-state index contributed by atoms with van der Waals surface area (Å²) >= 11 is 0. The van der Waals surface area contributed by atoms with E-state index in [-0.39, 0.29) is 141 Å². The number of aliphatic hydroxyl groups is 2. The fourth-order valence-corrected chi connectivity index (χ4v) is 16.1. The van der Waals surface area contributed by atoms with Crippen molar-refractivity contribution in [2.75, 3.05) is 72.3 Å². The van der Waals surface area contributed by atoms with E-state index in [4.69, 9.17) is 32.1 Å². The van der Waals surface area contributed by atoms with Crippen molar-refractivity contribution >= 4 is 111 Å². The number of nitrogens with zero attached hydrogens (tertiary/aromatic N) is 5. The van der Waals surface area contributed by atoms with Gasteiger partial charge < -0.3 is 126 Å². The minimum absolute atomic E-state index is 0.00888. The smallest absolute Gasteiger partial charge is 0.246 e. The number of aromatic amines is 3. The third kappa shape index (κ3) is 42.9. The van der Waals surface area contributed by atoms with Crippen molar-refractivity contribution in [2.45, 2.75) is 298 Å². The number of tetrazole rings is 1. The fraction of sp³-hybridized carbons (Fsp3) is 0.624. The molecule has 5 heterocycles. The minimum atomic E-state index is -1.76. The van der Waals surface area contributed by atoms with Gasteiger partial charge in [-0.05, 0) is 118 Å². The standard InChI is InChI=1S/C93H144N26O20/c1-3-4-30-67(84(129)111-71-38-40-80(125)99-42-24-23-31-65(59(2)121)106-88(133)73(49-61-52-102-66-32-22-21-29-64(61)66)112-85(130)69(34-26-43-101-93(96)97)109-87(132)72(48-60-27-17-16-18-28-60)114-91(136)76-51-63(122)55-119(76)92(71)137)107-83(128)68(33-25-41-94)108-89(134)74(50-62-53-98-58-104-62)113-86(131)70(37-39-77(95)123)110-90(135)75(56-120)105-81(126)54-103-82(127)57-139-47-46-138-45-44-100-79(124)36-20-15-13-11-9-7-5-6-8-10-12-14-19-35-78-115-117-118-116-78/h16-18,21-22,27-29,32,52-53,58,63,65,67-76,102,120,122H,3-15,19-20,23-26,30-31,33-51,54-57,94H2,1-2H3,(H2,95,123)(H,98,104)(H,99,125)(H,100,124)(H,103,127)(H,105,126)(H,106,133)(H,107,128)(H,108,134)(H,109,132)(H,110,135)(H,111,129)(H,112,130)(H,113,131)(H,114,136)(H4,96,97,101)(H,115,116,117,118)/t63-,65+,67+,68+,69+,70+,71+,72-,73+,74+,75+,76+/m1/s1. The monoisotopic (exact) mass is 1950 g/mol. The summed E-state index contributed by atoms with van der Waals surface area (Å²) < 4.78 is 10.9. The molecule has 26 N–H and O–H groups in total. The van der Waals surface area contributed by atoms with Crippen LogP contribution in [0, 0.1) is 5.41 Å². The van der Waals surface area contributed by atoms with Crippen molar-refractivity contribution in [3.8, 4) is 0 Å². The van der Waals surface area contributed by atoms with Crippen LogP contribution in [0.15, 0.2) is 73.3 Å². The number of benzene rings is 2. The van der Waals surface area contributed by atoms with E-state index in [0.717, 1.165) is 60.2 Å². The average Bonchev–Trinajstić information content (AvgIpc) is 1.67. The Balaban J connectivity index is 0.966. The maximum Gasteiger partial charge on any atom is 0.246 e. The number of amides is 15. The van der Waals surface area contributed by atoms with Gasteiger partial charge in [-0.2, -0.15) is 0 Å². The number of guanidine groups is 1. The number of aliphatic hydroxyl groups excluding tert-OH is 2. The summed E-state index contributed by atoms with van der Waals surface area (Å²) in [6.07, 6.45) is 17.4. The van der Waals surface area contributed by atoms with Crippen LogP contribution in [0.5, 0.6) is 0 Å². The molecule has 2 aliphatic rings. The number of aromatic nitrogens is 7. The summed E-state index contributed by atoms with van der Waals surface area (Å²) in [5, 5.41) is 81.2. The molecule has 15 amide bonds. The van der Waals surface area contributed by atoms with Gasteiger partial charge in [-0.1, -0.05) is 139 Å². The first-order valence-electron chi connectivity index (χ1n) is 48.5. The second-order valence-electron chi connectivity index (χ2n) is 35.1. The number of unbranched alkanes of at least 4 members (excludes halogenated alkanes) is 13. The Morgan fingerprint density at radius 1 is 0.604 bits per heavy atom. The molecule has 0 aliphatic carbocycles. The number of carbonyl (C=O) groups is 16. The maximum atomic E-state index is 15.4. The van der Waals surface area contributed by atoms with Gasteiger partial charge in [-0.15, -0.1) is 5.10 Å². The number of primary amides is 1. The van der Waals surface area contributed by atoms with Gasteiger partial charge in [-0.3, -0.25) is 82.1 Å². The number of rotatable bonds is 58. The Morgan fingerprint density at radius 3 is 1.88 bits per heavy atom. The van der Waals surface area contributed by atoms with Crippen molar-refractivity contribution in [3.63, 3.8) is 0 Å². The molecule has 0 unspecified atom stereocenters. The quantitative estimate of drug-likeness (QED) is 0.0118. The molecule has 46 heteroatoms. The predicted molar refractivity (Wildman–Crippen MR) is 509 cm³/mol. The molecule has 766 valence electrons. The van der Waals surface area contributed by atoms with E-state index in [2.05, 4.69) is 110 Å². The number of H-pyrrole nitrogens is 3. The Hall–Kier alpha value is -13.0. The Kier molecular flexibility index (Phi) is 51.7. The van der Waals surface area contributed by atoms with Crippen LogP contribution in [0.1, 0.15) is 223 Å². The van der Waals surface area contributed by atoms with Crippen LogP contribution in [0.2, 0.25) is 0 Å². The van der Waals surface area contributed by atoms with Crippen molar-refractivity contribution in [1.82, 2.24) is 115 Å². The molecule has 12 atom stereocenters. The number of imidazole rings is 1. The van der Waals surface area contributed by atoms with Gasteiger partial charge in [0.2, 0.25) is 88.6 Å². The van der Waals surface area contributed by atoms with E-state index >= 15 is 19.2 Å². The Bertz CT molecular complexity index is 4700. The van der Waals surface area contributed by atoms with E-state index in [1.54, 1.807) is 49.5 Å². The van der Waals surface area contributed by atoms with Crippen LogP contribution in [0.25, 0.3) is 10.9 Å². The molecule has 2 fully saturated rings. The molecule has 0 spiro atoms. The highest BCUT2D eigenvalue weighted by molar-refractivity contribution is 6.01. The first-order valence-corrected chi connectivity index (χ1v) is 48.5. The van der Waals surface area contributed by atoms with Crippen LogP contribution in [0.3, 0.4) is 0 Å². The molecular formula is C93H144N26O20. The number of Topliss-reactive ketones (excluding diaryl/α,β-unsaturated/α-hetero) is 1. The number of ether oxygens (including phenoxy) is 2. The van der Waals surface area contributed by atoms with Gasteiger partial charge in [0, 0.05) is 101 Å². The molecule has 2 saturated heterocycles. The number of fused-ring (bicyclic) bond motifs is 2. The molecule has 7 rings (SSSR count). The molecule has 5 aromatic rings. The van der Waals surface area contributed by atoms with E-state index in [9.17, 15) is 67.7 Å². The van der Waals surface area contributed by atoms with E-state index in [1.165, 1.54) is 70.8 Å². The molecule has 2 aromatic carbocycles. The maximum absolute atomic E-state index is 15.4. The van der Waals surface area contributed by atoms with Gasteiger partial charge in [0.05, 0.1) is 57.1 Å². The van der Waals surface area contributed by atoms with E-state index in [1.807, 2.05) is 18.2 Å². The number of aryl methyl sites for hydroxylation is 1. The lowest BCUT2D eigenvalue weighted by Crippen LogP contribution is -2.61. The summed E-state index contributed by atoms with van der Waals surface area (Å²) in [4.78, 5) is 237. The van der Waals surface area contributed by atoms with Crippen LogP contribution in [0.4, 0.5) is 0 Å². The number of hydrogen-bond donors (Lipinski definition) is 23. The first-order chi connectivity index (χ1) is 67.0.